The van der Waals surface area contributed by atoms with Crippen molar-refractivity contribution < 1.29 is 18.9 Å². The van der Waals surface area contributed by atoms with Crippen LogP contribution in [0.25, 0.3) is 0 Å². The van der Waals surface area contributed by atoms with E-state index >= 15 is 0 Å². The molecule has 1 fully saturated rings. The van der Waals surface area contributed by atoms with Crippen molar-refractivity contribution in [2.45, 2.75) is 25.4 Å². The first kappa shape index (κ1) is 18.4. The third kappa shape index (κ3) is 4.84. The number of carbonyl (C=O) groups is 2. The molecule has 0 bridgehead atoms. The molecule has 0 atom stereocenters. The summed E-state index contributed by atoms with van der Waals surface area (Å²) >= 11 is 0. The third-order valence-electron chi connectivity index (χ3n) is 4.46. The number of amides is 3. The lowest BCUT2D eigenvalue weighted by molar-refractivity contribution is -0.384. The van der Waals surface area contributed by atoms with Gasteiger partial charge in [-0.3, -0.25) is 14.9 Å². The molecule has 1 aliphatic rings. The molecule has 3 rings (SSSR count). The van der Waals surface area contributed by atoms with Crippen molar-refractivity contribution in [3.8, 4) is 0 Å². The van der Waals surface area contributed by atoms with Crippen LogP contribution >= 0.6 is 0 Å². The van der Waals surface area contributed by atoms with Crippen molar-refractivity contribution in [2.24, 2.45) is 0 Å². The van der Waals surface area contributed by atoms with Gasteiger partial charge in [-0.05, 0) is 24.5 Å². The predicted molar refractivity (Wildman–Crippen MR) is 96.1 cm³/mol. The molecule has 0 spiro atoms. The second kappa shape index (κ2) is 8.35. The number of nitrogens with one attached hydrogen (secondary N) is 2. The number of non-ortho nitro benzene ring substituents is 1. The number of nitrogens with zero attached hydrogens (tertiary/aromatic N) is 2. The molecule has 0 aliphatic carbocycles. The quantitative estimate of drug-likeness (QED) is 0.617. The standard InChI is InChI=1S/C18H20N4O5/c23-17(14-6-9-27-12-14)21-7-4-15(5-8-21)20-18(24)19-11-13-2-1-3-16(10-13)22(25)26/h1-3,6,9-10,12,15H,4-5,7-8,11H2,(H2,19,20,24). The molecular formula is C18H20N4O5. The maximum atomic E-state index is 12.2. The van der Waals surface area contributed by atoms with E-state index in [9.17, 15) is 19.7 Å². The molecule has 0 radical (unpaired) electrons. The molecule has 2 N–H and O–H groups in total. The van der Waals surface area contributed by atoms with Crippen molar-refractivity contribution in [1.29, 1.82) is 0 Å². The number of rotatable bonds is 5. The summed E-state index contributed by atoms with van der Waals surface area (Å²) in [4.78, 5) is 36.3. The Kier molecular flexibility index (Phi) is 5.70. The summed E-state index contributed by atoms with van der Waals surface area (Å²) in [7, 11) is 0. The highest BCUT2D eigenvalue weighted by atomic mass is 16.6. The number of furan rings is 1. The molecule has 3 amide bonds. The van der Waals surface area contributed by atoms with Crippen LogP contribution in [0, 0.1) is 10.1 Å². The van der Waals surface area contributed by atoms with E-state index in [0.29, 0.717) is 37.1 Å². The molecule has 2 heterocycles. The summed E-state index contributed by atoms with van der Waals surface area (Å²) in [6.07, 6.45) is 4.21. The zero-order valence-corrected chi connectivity index (χ0v) is 14.6. The Balaban J connectivity index is 1.42. The summed E-state index contributed by atoms with van der Waals surface area (Å²) in [6, 6.07) is 7.41. The maximum absolute atomic E-state index is 12.2. The van der Waals surface area contributed by atoms with E-state index in [1.807, 2.05) is 0 Å². The Morgan fingerprint density at radius 3 is 2.70 bits per heavy atom. The average Bonchev–Trinajstić information content (AvgIpc) is 3.21. The van der Waals surface area contributed by atoms with Gasteiger partial charge in [0.25, 0.3) is 11.6 Å². The molecule has 1 aliphatic heterocycles. The first-order valence-electron chi connectivity index (χ1n) is 8.62. The number of piperidine rings is 1. The Morgan fingerprint density at radius 2 is 2.04 bits per heavy atom. The summed E-state index contributed by atoms with van der Waals surface area (Å²) in [5, 5.41) is 16.4. The van der Waals surface area contributed by atoms with Gasteiger partial charge >= 0.3 is 6.03 Å². The molecule has 0 unspecified atom stereocenters. The Labute approximate surface area is 155 Å². The summed E-state index contributed by atoms with van der Waals surface area (Å²) in [6.45, 7) is 1.31. The van der Waals surface area contributed by atoms with E-state index in [4.69, 9.17) is 4.42 Å². The van der Waals surface area contributed by atoms with Crippen LogP contribution < -0.4 is 10.6 Å². The third-order valence-corrected chi connectivity index (χ3v) is 4.46. The molecule has 2 aromatic rings. The number of urea groups is 1. The van der Waals surface area contributed by atoms with Gasteiger partial charge in [0.05, 0.1) is 16.7 Å². The number of benzene rings is 1. The average molecular weight is 372 g/mol. The first-order valence-corrected chi connectivity index (χ1v) is 8.62. The number of nitro benzene ring substituents is 1. The van der Waals surface area contributed by atoms with Gasteiger partial charge in [-0.25, -0.2) is 4.79 Å². The topological polar surface area (TPSA) is 118 Å². The molecule has 0 saturated carbocycles. The van der Waals surface area contributed by atoms with Crippen LogP contribution in [0.15, 0.2) is 47.3 Å². The van der Waals surface area contributed by atoms with Gasteiger partial charge in [0.15, 0.2) is 0 Å². The molecule has 27 heavy (non-hydrogen) atoms. The van der Waals surface area contributed by atoms with Crippen LogP contribution in [0.3, 0.4) is 0 Å². The second-order valence-electron chi connectivity index (χ2n) is 6.33. The monoisotopic (exact) mass is 372 g/mol. The summed E-state index contributed by atoms with van der Waals surface area (Å²) in [5.74, 6) is -0.0719. The lowest BCUT2D eigenvalue weighted by atomic mass is 10.0. The molecular weight excluding hydrogens is 352 g/mol. The summed E-state index contributed by atoms with van der Waals surface area (Å²) in [5.41, 5.74) is 1.17. The highest BCUT2D eigenvalue weighted by molar-refractivity contribution is 5.93. The first-order chi connectivity index (χ1) is 13.0. The second-order valence-corrected chi connectivity index (χ2v) is 6.33. The highest BCUT2D eigenvalue weighted by Gasteiger charge is 2.25. The maximum Gasteiger partial charge on any atom is 0.315 e. The zero-order chi connectivity index (χ0) is 19.2. The van der Waals surface area contributed by atoms with Crippen LogP contribution in [0.4, 0.5) is 10.5 Å². The van der Waals surface area contributed by atoms with Crippen LogP contribution in [0.2, 0.25) is 0 Å². The fourth-order valence-electron chi connectivity index (χ4n) is 2.99. The molecule has 1 aromatic heterocycles. The number of carbonyl (C=O) groups excluding carboxylic acids is 2. The van der Waals surface area contributed by atoms with Crippen molar-refractivity contribution in [3.05, 3.63) is 64.1 Å². The fourth-order valence-corrected chi connectivity index (χ4v) is 2.99. The van der Waals surface area contributed by atoms with Crippen LogP contribution in [0.1, 0.15) is 28.8 Å². The van der Waals surface area contributed by atoms with E-state index in [1.54, 1.807) is 23.1 Å². The molecule has 9 nitrogen and oxygen atoms in total. The molecule has 142 valence electrons. The van der Waals surface area contributed by atoms with Crippen molar-refractivity contribution >= 4 is 17.6 Å². The summed E-state index contributed by atoms with van der Waals surface area (Å²) < 4.78 is 4.93. The van der Waals surface area contributed by atoms with Crippen LogP contribution in [0.5, 0.6) is 0 Å². The van der Waals surface area contributed by atoms with E-state index in [2.05, 4.69) is 10.6 Å². The number of nitro groups is 1. The zero-order valence-electron chi connectivity index (χ0n) is 14.6. The SMILES string of the molecule is O=C(NCc1cccc([N+](=O)[O-])c1)NC1CCN(C(=O)c2ccoc2)CC1. The normalized spacial score (nSPS) is 14.6. The van der Waals surface area contributed by atoms with Crippen molar-refractivity contribution in [2.75, 3.05) is 13.1 Å². The van der Waals surface area contributed by atoms with Crippen molar-refractivity contribution in [3.63, 3.8) is 0 Å². The molecule has 1 aromatic carbocycles. The van der Waals surface area contributed by atoms with Crippen molar-refractivity contribution in [1.82, 2.24) is 15.5 Å². The highest BCUT2D eigenvalue weighted by Crippen LogP contribution is 2.15. The van der Waals surface area contributed by atoms with E-state index in [-0.39, 0.29) is 30.2 Å². The fraction of sp³-hybridized carbons (Fsp3) is 0.333. The van der Waals surface area contributed by atoms with Gasteiger partial charge < -0.3 is 20.0 Å². The number of likely N-dealkylation sites (tertiary alicyclic amines) is 1. The Bertz CT molecular complexity index is 813. The smallest absolute Gasteiger partial charge is 0.315 e. The lowest BCUT2D eigenvalue weighted by Gasteiger charge is -2.32. The lowest BCUT2D eigenvalue weighted by Crippen LogP contribution is -2.49. The number of hydrogen-bond donors (Lipinski definition) is 2. The van der Waals surface area contributed by atoms with Gasteiger partial charge in [-0.1, -0.05) is 12.1 Å². The van der Waals surface area contributed by atoms with Crippen LogP contribution in [-0.4, -0.2) is 40.9 Å². The molecule has 9 heteroatoms. The Morgan fingerprint density at radius 1 is 1.26 bits per heavy atom. The van der Waals surface area contributed by atoms with E-state index in [0.717, 1.165) is 0 Å². The van der Waals surface area contributed by atoms with Gasteiger partial charge in [-0.2, -0.15) is 0 Å². The Hall–Kier alpha value is -3.36. The van der Waals surface area contributed by atoms with Gasteiger partial charge in [-0.15, -0.1) is 0 Å². The largest absolute Gasteiger partial charge is 0.472 e. The van der Waals surface area contributed by atoms with Crippen LogP contribution in [-0.2, 0) is 6.54 Å². The van der Waals surface area contributed by atoms with Gasteiger partial charge in [0.2, 0.25) is 0 Å². The minimum atomic E-state index is -0.470. The van der Waals surface area contributed by atoms with Gasteiger partial charge in [0.1, 0.15) is 6.26 Å². The van der Waals surface area contributed by atoms with E-state index in [1.165, 1.54) is 24.7 Å². The molecule has 1 saturated heterocycles. The minimum absolute atomic E-state index is 0.00984. The van der Waals surface area contributed by atoms with E-state index < -0.39 is 4.92 Å². The number of hydrogen-bond acceptors (Lipinski definition) is 5. The van der Waals surface area contributed by atoms with Gasteiger partial charge in [0, 0.05) is 37.8 Å². The minimum Gasteiger partial charge on any atom is -0.472 e. The predicted octanol–water partition coefficient (Wildman–Crippen LogP) is 2.29.